The molecule has 19 heavy (non-hydrogen) atoms. The van der Waals surface area contributed by atoms with Crippen molar-refractivity contribution in [3.05, 3.63) is 0 Å². The van der Waals surface area contributed by atoms with E-state index in [-0.39, 0.29) is 11.6 Å². The highest BCUT2D eigenvalue weighted by atomic mass is 16.5. The molecule has 1 atom stereocenters. The third kappa shape index (κ3) is 3.21. The molecule has 0 spiro atoms. The van der Waals surface area contributed by atoms with Gasteiger partial charge in [0.05, 0.1) is 13.7 Å². The van der Waals surface area contributed by atoms with Crippen LogP contribution in [0.2, 0.25) is 0 Å². The minimum atomic E-state index is -0.320. The summed E-state index contributed by atoms with van der Waals surface area (Å²) < 4.78 is 15.9. The van der Waals surface area contributed by atoms with Crippen LogP contribution in [0.1, 0.15) is 6.42 Å². The van der Waals surface area contributed by atoms with Gasteiger partial charge in [0.1, 0.15) is 5.60 Å². The number of rotatable bonds is 6. The molecular formula is C11H19N5O3. The van der Waals surface area contributed by atoms with E-state index in [1.165, 1.54) is 7.11 Å². The molecule has 8 heteroatoms. The topological polar surface area (TPSA) is 90.4 Å². The zero-order valence-electron chi connectivity index (χ0n) is 11.4. The van der Waals surface area contributed by atoms with Crippen LogP contribution in [0.15, 0.2) is 0 Å². The van der Waals surface area contributed by atoms with Crippen molar-refractivity contribution in [3.8, 4) is 6.01 Å². The number of nitrogens with one attached hydrogen (secondary N) is 2. The van der Waals surface area contributed by atoms with Crippen LogP contribution in [0.4, 0.5) is 11.9 Å². The SMILES string of the molecule is CNc1nc(NCC2(OC)CCOC2)nc(OC)n1. The smallest absolute Gasteiger partial charge is 0.322 e. The fraction of sp³-hybridized carbons (Fsp3) is 0.727. The van der Waals surface area contributed by atoms with Gasteiger partial charge < -0.3 is 24.8 Å². The zero-order valence-corrected chi connectivity index (χ0v) is 11.4. The van der Waals surface area contributed by atoms with Crippen molar-refractivity contribution in [2.24, 2.45) is 0 Å². The van der Waals surface area contributed by atoms with Gasteiger partial charge in [0.25, 0.3) is 0 Å². The summed E-state index contributed by atoms with van der Waals surface area (Å²) in [6.07, 6.45) is 0.845. The molecule has 2 heterocycles. The molecule has 1 aromatic heterocycles. The molecule has 1 aromatic rings. The third-order valence-electron chi connectivity index (χ3n) is 3.09. The van der Waals surface area contributed by atoms with Gasteiger partial charge in [0.15, 0.2) is 0 Å². The van der Waals surface area contributed by atoms with Gasteiger partial charge in [-0.3, -0.25) is 0 Å². The summed E-state index contributed by atoms with van der Waals surface area (Å²) in [7, 11) is 4.93. The minimum Gasteiger partial charge on any atom is -0.467 e. The molecule has 1 unspecified atom stereocenters. The molecule has 2 rings (SSSR count). The van der Waals surface area contributed by atoms with E-state index in [0.717, 1.165) is 6.42 Å². The summed E-state index contributed by atoms with van der Waals surface area (Å²) >= 11 is 0. The van der Waals surface area contributed by atoms with Gasteiger partial charge in [-0.2, -0.15) is 15.0 Å². The normalized spacial score (nSPS) is 22.3. The summed E-state index contributed by atoms with van der Waals surface area (Å²) in [6.45, 7) is 1.84. The van der Waals surface area contributed by atoms with Crippen LogP contribution in [-0.4, -0.2) is 61.6 Å². The molecule has 0 amide bonds. The van der Waals surface area contributed by atoms with Crippen molar-refractivity contribution >= 4 is 11.9 Å². The lowest BCUT2D eigenvalue weighted by molar-refractivity contribution is -0.00632. The predicted octanol–water partition coefficient (Wildman–Crippen LogP) is 0.139. The first-order chi connectivity index (χ1) is 9.21. The van der Waals surface area contributed by atoms with E-state index in [9.17, 15) is 0 Å². The van der Waals surface area contributed by atoms with Crippen molar-refractivity contribution in [1.29, 1.82) is 0 Å². The second-order valence-corrected chi connectivity index (χ2v) is 4.26. The van der Waals surface area contributed by atoms with Crippen LogP contribution in [0.5, 0.6) is 6.01 Å². The molecule has 1 saturated heterocycles. The average Bonchev–Trinajstić information content (AvgIpc) is 2.94. The van der Waals surface area contributed by atoms with Crippen molar-refractivity contribution < 1.29 is 14.2 Å². The molecule has 0 aromatic carbocycles. The van der Waals surface area contributed by atoms with Gasteiger partial charge in [-0.05, 0) is 0 Å². The maximum atomic E-state index is 5.53. The maximum Gasteiger partial charge on any atom is 0.322 e. The highest BCUT2D eigenvalue weighted by molar-refractivity contribution is 5.35. The van der Waals surface area contributed by atoms with E-state index in [2.05, 4.69) is 25.6 Å². The van der Waals surface area contributed by atoms with E-state index in [1.54, 1.807) is 14.2 Å². The molecule has 1 aliphatic rings. The number of aromatic nitrogens is 3. The number of hydrogen-bond donors (Lipinski definition) is 2. The number of hydrogen-bond acceptors (Lipinski definition) is 8. The highest BCUT2D eigenvalue weighted by Gasteiger charge is 2.35. The van der Waals surface area contributed by atoms with Gasteiger partial charge >= 0.3 is 6.01 Å². The first-order valence-corrected chi connectivity index (χ1v) is 6.06. The first kappa shape index (κ1) is 13.8. The molecule has 0 radical (unpaired) electrons. The second-order valence-electron chi connectivity index (χ2n) is 4.26. The van der Waals surface area contributed by atoms with Gasteiger partial charge in [-0.15, -0.1) is 0 Å². The summed E-state index contributed by atoms with van der Waals surface area (Å²) in [5.74, 6) is 0.892. The summed E-state index contributed by atoms with van der Waals surface area (Å²) in [5.41, 5.74) is -0.320. The molecular weight excluding hydrogens is 250 g/mol. The van der Waals surface area contributed by atoms with Crippen LogP contribution in [0, 0.1) is 0 Å². The Kier molecular flexibility index (Phi) is 4.33. The minimum absolute atomic E-state index is 0.260. The monoisotopic (exact) mass is 269 g/mol. The van der Waals surface area contributed by atoms with E-state index >= 15 is 0 Å². The van der Waals surface area contributed by atoms with Crippen LogP contribution in [0.25, 0.3) is 0 Å². The summed E-state index contributed by atoms with van der Waals surface area (Å²) in [4.78, 5) is 12.4. The number of nitrogens with zero attached hydrogens (tertiary/aromatic N) is 3. The molecule has 2 N–H and O–H groups in total. The second kappa shape index (κ2) is 5.98. The molecule has 8 nitrogen and oxygen atoms in total. The molecule has 0 saturated carbocycles. The average molecular weight is 269 g/mol. The standard InChI is InChI=1S/C11H19N5O3/c1-12-8-14-9(16-10(15-8)17-2)13-6-11(18-3)4-5-19-7-11/h4-7H2,1-3H3,(H2,12,13,14,15,16). The fourth-order valence-electron chi connectivity index (χ4n) is 1.84. The van der Waals surface area contributed by atoms with Gasteiger partial charge in [-0.1, -0.05) is 0 Å². The Bertz CT molecular complexity index is 401. The van der Waals surface area contributed by atoms with Gasteiger partial charge in [0, 0.05) is 33.7 Å². The maximum absolute atomic E-state index is 5.53. The zero-order chi connectivity index (χ0) is 13.7. The predicted molar refractivity (Wildman–Crippen MR) is 69.6 cm³/mol. The molecule has 0 aliphatic carbocycles. The van der Waals surface area contributed by atoms with E-state index in [0.29, 0.717) is 31.7 Å². The first-order valence-electron chi connectivity index (χ1n) is 6.06. The molecule has 1 fully saturated rings. The Morgan fingerprint density at radius 2 is 2.05 bits per heavy atom. The lowest BCUT2D eigenvalue weighted by Gasteiger charge is -2.25. The lowest BCUT2D eigenvalue weighted by atomic mass is 10.0. The summed E-state index contributed by atoms with van der Waals surface area (Å²) in [6, 6.07) is 0.260. The molecule has 0 bridgehead atoms. The van der Waals surface area contributed by atoms with Crippen molar-refractivity contribution in [2.45, 2.75) is 12.0 Å². The largest absolute Gasteiger partial charge is 0.467 e. The Hall–Kier alpha value is -1.67. The van der Waals surface area contributed by atoms with Crippen molar-refractivity contribution in [1.82, 2.24) is 15.0 Å². The third-order valence-corrected chi connectivity index (χ3v) is 3.09. The van der Waals surface area contributed by atoms with Crippen LogP contribution in [0.3, 0.4) is 0 Å². The van der Waals surface area contributed by atoms with Crippen molar-refractivity contribution in [2.75, 3.05) is 51.7 Å². The molecule has 1 aliphatic heterocycles. The van der Waals surface area contributed by atoms with E-state index in [1.807, 2.05) is 0 Å². The van der Waals surface area contributed by atoms with Gasteiger partial charge in [-0.25, -0.2) is 0 Å². The fourth-order valence-corrected chi connectivity index (χ4v) is 1.84. The van der Waals surface area contributed by atoms with Crippen molar-refractivity contribution in [3.63, 3.8) is 0 Å². The van der Waals surface area contributed by atoms with E-state index < -0.39 is 0 Å². The Balaban J connectivity index is 2.06. The van der Waals surface area contributed by atoms with Crippen LogP contribution >= 0.6 is 0 Å². The van der Waals surface area contributed by atoms with Crippen LogP contribution in [-0.2, 0) is 9.47 Å². The molecule has 106 valence electrons. The Morgan fingerprint density at radius 1 is 1.26 bits per heavy atom. The van der Waals surface area contributed by atoms with Gasteiger partial charge in [0.2, 0.25) is 11.9 Å². The Labute approximate surface area is 111 Å². The van der Waals surface area contributed by atoms with E-state index in [4.69, 9.17) is 14.2 Å². The quantitative estimate of drug-likeness (QED) is 0.753. The number of anilines is 2. The highest BCUT2D eigenvalue weighted by Crippen LogP contribution is 2.23. The lowest BCUT2D eigenvalue weighted by Crippen LogP contribution is -2.40. The summed E-state index contributed by atoms with van der Waals surface area (Å²) in [5, 5.41) is 6.00. The number of methoxy groups -OCH3 is 2. The van der Waals surface area contributed by atoms with Crippen LogP contribution < -0.4 is 15.4 Å². The Morgan fingerprint density at radius 3 is 2.63 bits per heavy atom. The number of ether oxygens (including phenoxy) is 3.